The summed E-state index contributed by atoms with van der Waals surface area (Å²) in [6, 6.07) is 10.3. The van der Waals surface area contributed by atoms with Crippen molar-refractivity contribution in [3.8, 4) is 0 Å². The van der Waals surface area contributed by atoms with Gasteiger partial charge >= 0.3 is 0 Å². The van der Waals surface area contributed by atoms with E-state index in [0.717, 1.165) is 46.8 Å². The van der Waals surface area contributed by atoms with E-state index in [2.05, 4.69) is 36.1 Å². The molecule has 0 bridgehead atoms. The molecule has 120 valence electrons. The zero-order valence-corrected chi connectivity index (χ0v) is 14.5. The maximum atomic E-state index is 12.9. The Morgan fingerprint density at radius 1 is 1.30 bits per heavy atom. The maximum absolute atomic E-state index is 12.9. The van der Waals surface area contributed by atoms with Crippen molar-refractivity contribution in [2.45, 2.75) is 38.0 Å². The van der Waals surface area contributed by atoms with E-state index in [1.807, 2.05) is 24.5 Å². The van der Waals surface area contributed by atoms with Gasteiger partial charge in [-0.25, -0.2) is 4.99 Å². The average molecular weight is 326 g/mol. The number of rotatable bonds is 4. The molecule has 0 unspecified atom stereocenters. The Labute approximate surface area is 142 Å². The van der Waals surface area contributed by atoms with Crippen LogP contribution in [-0.2, 0) is 10.2 Å². The van der Waals surface area contributed by atoms with E-state index in [4.69, 9.17) is 0 Å². The van der Waals surface area contributed by atoms with Crippen LogP contribution in [0.3, 0.4) is 0 Å². The van der Waals surface area contributed by atoms with Crippen LogP contribution in [0.1, 0.15) is 38.2 Å². The van der Waals surface area contributed by atoms with Gasteiger partial charge in [0.25, 0.3) is 0 Å². The number of dihydropyridines is 1. The van der Waals surface area contributed by atoms with Crippen molar-refractivity contribution in [3.05, 3.63) is 57.9 Å². The molecule has 4 heteroatoms. The molecule has 1 aliphatic carbocycles. The second-order valence-corrected chi connectivity index (χ2v) is 6.74. The number of hydrogen-bond donors (Lipinski definition) is 1. The molecule has 23 heavy (non-hydrogen) atoms. The van der Waals surface area contributed by atoms with Crippen LogP contribution in [0.2, 0.25) is 0 Å². The number of thioether (sulfide) groups is 1. The molecule has 3 rings (SSSR count). The zero-order valence-electron chi connectivity index (χ0n) is 13.7. The normalized spacial score (nSPS) is 24.3. The van der Waals surface area contributed by atoms with Crippen molar-refractivity contribution < 1.29 is 4.79 Å². The van der Waals surface area contributed by atoms with Crippen molar-refractivity contribution in [3.63, 3.8) is 0 Å². The van der Waals surface area contributed by atoms with Gasteiger partial charge in [-0.3, -0.25) is 4.79 Å². The first-order valence-electron chi connectivity index (χ1n) is 8.03. The fourth-order valence-electron chi connectivity index (χ4n) is 3.90. The van der Waals surface area contributed by atoms with Gasteiger partial charge in [0.1, 0.15) is 5.82 Å². The molecule has 0 radical (unpaired) electrons. The number of Topliss-reactive ketones (excluding diaryl/α,β-unsaturated/α-hetero) is 1. The standard InChI is InChI=1S/C19H22N2OS/c1-4-19(13-9-6-5-7-10-13)16-14(11-8-12-15(16)22)21-18(20-2)17(19)23-3/h5-7,9-10,21H,2,4,8,11-12H2,1,3H3/t19-/m0/s1. The van der Waals surface area contributed by atoms with Crippen LogP contribution >= 0.6 is 11.8 Å². The van der Waals surface area contributed by atoms with Gasteiger partial charge in [-0.05, 0) is 37.8 Å². The Kier molecular flexibility index (Phi) is 4.44. The first-order valence-corrected chi connectivity index (χ1v) is 9.26. The van der Waals surface area contributed by atoms with E-state index in [1.54, 1.807) is 11.8 Å². The average Bonchev–Trinajstić information content (AvgIpc) is 2.60. The fourth-order valence-corrected chi connectivity index (χ4v) is 4.92. The Morgan fingerprint density at radius 3 is 2.65 bits per heavy atom. The summed E-state index contributed by atoms with van der Waals surface area (Å²) in [7, 11) is 0. The lowest BCUT2D eigenvalue weighted by atomic mass is 9.66. The van der Waals surface area contributed by atoms with E-state index in [9.17, 15) is 4.79 Å². The lowest BCUT2D eigenvalue weighted by Gasteiger charge is -2.43. The van der Waals surface area contributed by atoms with Gasteiger partial charge in [0.15, 0.2) is 5.78 Å². The number of hydrogen-bond acceptors (Lipinski definition) is 4. The summed E-state index contributed by atoms with van der Waals surface area (Å²) in [4.78, 5) is 18.2. The first kappa shape index (κ1) is 16.1. The molecule has 1 aromatic carbocycles. The third-order valence-corrected chi connectivity index (χ3v) is 5.82. The van der Waals surface area contributed by atoms with Gasteiger partial charge in [0.2, 0.25) is 0 Å². The predicted molar refractivity (Wildman–Crippen MR) is 97.5 cm³/mol. The van der Waals surface area contributed by atoms with Crippen LogP contribution in [0.25, 0.3) is 0 Å². The topological polar surface area (TPSA) is 41.5 Å². The van der Waals surface area contributed by atoms with Crippen molar-refractivity contribution in [2.75, 3.05) is 6.26 Å². The Balaban J connectivity index is 2.34. The summed E-state index contributed by atoms with van der Waals surface area (Å²) in [5.41, 5.74) is 2.73. The number of allylic oxidation sites excluding steroid dienone is 3. The molecule has 1 N–H and O–H groups in total. The number of carbonyl (C=O) groups is 1. The summed E-state index contributed by atoms with van der Waals surface area (Å²) >= 11 is 1.66. The Hall–Kier alpha value is -1.81. The Bertz CT molecular complexity index is 705. The quantitative estimate of drug-likeness (QED) is 0.844. The highest BCUT2D eigenvalue weighted by atomic mass is 32.2. The van der Waals surface area contributed by atoms with Crippen LogP contribution in [0.4, 0.5) is 0 Å². The second-order valence-electron chi connectivity index (χ2n) is 5.92. The van der Waals surface area contributed by atoms with Crippen molar-refractivity contribution in [1.82, 2.24) is 5.32 Å². The molecule has 1 aliphatic heterocycles. The molecule has 0 spiro atoms. The van der Waals surface area contributed by atoms with E-state index in [0.29, 0.717) is 6.42 Å². The highest BCUT2D eigenvalue weighted by Gasteiger charge is 2.47. The predicted octanol–water partition coefficient (Wildman–Crippen LogP) is 4.18. The highest BCUT2D eigenvalue weighted by molar-refractivity contribution is 8.02. The second kappa shape index (κ2) is 6.36. The number of nitrogens with zero attached hydrogens (tertiary/aromatic N) is 1. The molecule has 0 saturated carbocycles. The van der Waals surface area contributed by atoms with Crippen molar-refractivity contribution in [1.29, 1.82) is 0 Å². The van der Waals surface area contributed by atoms with Crippen LogP contribution in [0.15, 0.2) is 57.3 Å². The monoisotopic (exact) mass is 326 g/mol. The van der Waals surface area contributed by atoms with Gasteiger partial charge < -0.3 is 5.32 Å². The molecule has 1 aromatic rings. The smallest absolute Gasteiger partial charge is 0.161 e. The number of ketones is 1. The van der Waals surface area contributed by atoms with Crippen LogP contribution in [-0.4, -0.2) is 18.8 Å². The molecule has 0 saturated heterocycles. The molecule has 1 atom stereocenters. The van der Waals surface area contributed by atoms with Gasteiger partial charge in [0.05, 0.1) is 5.41 Å². The lowest BCUT2D eigenvalue weighted by Crippen LogP contribution is -2.42. The van der Waals surface area contributed by atoms with Crippen LogP contribution in [0, 0.1) is 0 Å². The van der Waals surface area contributed by atoms with Gasteiger partial charge in [0, 0.05) is 22.6 Å². The van der Waals surface area contributed by atoms with Crippen LogP contribution in [0.5, 0.6) is 0 Å². The minimum absolute atomic E-state index is 0.263. The van der Waals surface area contributed by atoms with Crippen LogP contribution < -0.4 is 5.32 Å². The summed E-state index contributed by atoms with van der Waals surface area (Å²) in [6.07, 6.45) is 5.31. The largest absolute Gasteiger partial charge is 0.343 e. The minimum Gasteiger partial charge on any atom is -0.343 e. The molecule has 2 aliphatic rings. The number of aliphatic imine (C=N–C) groups is 1. The maximum Gasteiger partial charge on any atom is 0.161 e. The molecular formula is C19H22N2OS. The molecule has 3 nitrogen and oxygen atoms in total. The zero-order chi connectivity index (χ0) is 16.4. The van der Waals surface area contributed by atoms with E-state index in [-0.39, 0.29) is 5.78 Å². The SMILES string of the molecule is C=NC1=C(SC)[C@@](CC)(c2ccccc2)C2=C(CCCC2=O)N1. The summed E-state index contributed by atoms with van der Waals surface area (Å²) < 4.78 is 0. The minimum atomic E-state index is -0.407. The molecule has 1 heterocycles. The number of benzene rings is 1. The highest BCUT2D eigenvalue weighted by Crippen LogP contribution is 2.52. The van der Waals surface area contributed by atoms with Gasteiger partial charge in [-0.15, -0.1) is 11.8 Å². The van der Waals surface area contributed by atoms with E-state index < -0.39 is 5.41 Å². The summed E-state index contributed by atoms with van der Waals surface area (Å²) in [5, 5.41) is 3.38. The van der Waals surface area contributed by atoms with Gasteiger partial charge in [-0.1, -0.05) is 37.3 Å². The molecule has 0 fully saturated rings. The third kappa shape index (κ3) is 2.36. The fraction of sp³-hybridized carbons (Fsp3) is 0.368. The van der Waals surface area contributed by atoms with Crippen molar-refractivity contribution in [2.24, 2.45) is 4.99 Å². The summed E-state index contributed by atoms with van der Waals surface area (Å²) in [6.45, 7) is 5.90. The lowest BCUT2D eigenvalue weighted by molar-refractivity contribution is -0.116. The molecule has 0 aromatic heterocycles. The number of nitrogens with one attached hydrogen (secondary N) is 1. The van der Waals surface area contributed by atoms with E-state index in [1.165, 1.54) is 0 Å². The first-order chi connectivity index (χ1) is 11.2. The van der Waals surface area contributed by atoms with Crippen molar-refractivity contribution >= 4 is 24.3 Å². The van der Waals surface area contributed by atoms with Gasteiger partial charge in [-0.2, -0.15) is 0 Å². The summed E-state index contributed by atoms with van der Waals surface area (Å²) in [5.74, 6) is 1.07. The van der Waals surface area contributed by atoms with E-state index >= 15 is 0 Å². The number of carbonyl (C=O) groups excluding carboxylic acids is 1. The third-order valence-electron chi connectivity index (χ3n) is 4.87. The Morgan fingerprint density at radius 2 is 2.04 bits per heavy atom. The molecule has 0 amide bonds. The molecular weight excluding hydrogens is 304 g/mol.